The zero-order valence-electron chi connectivity index (χ0n) is 10.5. The Morgan fingerprint density at radius 2 is 2.21 bits per heavy atom. The summed E-state index contributed by atoms with van der Waals surface area (Å²) in [5.74, 6) is 2.87. The molecule has 2 aromatic rings. The second kappa shape index (κ2) is 4.74. The molecule has 1 fully saturated rings. The van der Waals surface area contributed by atoms with Gasteiger partial charge in [-0.2, -0.15) is 0 Å². The van der Waals surface area contributed by atoms with Crippen LogP contribution in [0.15, 0.2) is 36.5 Å². The predicted molar refractivity (Wildman–Crippen MR) is 74.1 cm³/mol. The summed E-state index contributed by atoms with van der Waals surface area (Å²) in [4.78, 5) is 18.1. The van der Waals surface area contributed by atoms with Crippen LogP contribution < -0.4 is 0 Å². The standard InChI is InChI=1S/C16H14N2O/c1-2-12-9-16(19)18(10-12)11-13-7-8-17-15-6-4-3-5-14(13)15/h1,3-8,12H,9-11H2. The number of nitrogens with zero attached hydrogens (tertiary/aromatic N) is 2. The lowest BCUT2D eigenvalue weighted by Gasteiger charge is -2.17. The molecular formula is C16H14N2O. The molecule has 1 unspecified atom stereocenters. The molecule has 1 saturated heterocycles. The number of terminal acetylenes is 1. The van der Waals surface area contributed by atoms with Crippen molar-refractivity contribution in [3.63, 3.8) is 0 Å². The van der Waals surface area contributed by atoms with Crippen molar-refractivity contribution in [2.45, 2.75) is 13.0 Å². The van der Waals surface area contributed by atoms with Crippen molar-refractivity contribution >= 4 is 16.8 Å². The van der Waals surface area contributed by atoms with Crippen LogP contribution in [0.25, 0.3) is 10.9 Å². The summed E-state index contributed by atoms with van der Waals surface area (Å²) in [5.41, 5.74) is 2.08. The Bertz CT molecular complexity index is 666. The van der Waals surface area contributed by atoms with Gasteiger partial charge in [-0.25, -0.2) is 0 Å². The van der Waals surface area contributed by atoms with Gasteiger partial charge in [0.2, 0.25) is 5.91 Å². The third kappa shape index (κ3) is 2.17. The van der Waals surface area contributed by atoms with E-state index in [1.54, 1.807) is 6.20 Å². The highest BCUT2D eigenvalue weighted by Gasteiger charge is 2.28. The summed E-state index contributed by atoms with van der Waals surface area (Å²) < 4.78 is 0. The number of carbonyl (C=O) groups excluding carboxylic acids is 1. The van der Waals surface area contributed by atoms with E-state index in [0.717, 1.165) is 16.5 Å². The van der Waals surface area contributed by atoms with E-state index in [2.05, 4.69) is 10.9 Å². The topological polar surface area (TPSA) is 33.2 Å². The maximum atomic E-state index is 11.9. The molecule has 1 amide bonds. The minimum Gasteiger partial charge on any atom is -0.337 e. The lowest BCUT2D eigenvalue weighted by atomic mass is 10.1. The maximum Gasteiger partial charge on any atom is 0.224 e. The van der Waals surface area contributed by atoms with Gasteiger partial charge in [-0.05, 0) is 17.7 Å². The minimum atomic E-state index is 0.0561. The fraction of sp³-hybridized carbons (Fsp3) is 0.250. The van der Waals surface area contributed by atoms with Crippen LogP contribution in [0.1, 0.15) is 12.0 Å². The highest BCUT2D eigenvalue weighted by Crippen LogP contribution is 2.23. The fourth-order valence-corrected chi connectivity index (χ4v) is 2.54. The molecule has 1 atom stereocenters. The molecule has 3 rings (SSSR count). The largest absolute Gasteiger partial charge is 0.337 e. The number of likely N-dealkylation sites (tertiary alicyclic amines) is 1. The van der Waals surface area contributed by atoms with Crippen LogP contribution in [0.2, 0.25) is 0 Å². The first-order valence-electron chi connectivity index (χ1n) is 6.34. The van der Waals surface area contributed by atoms with E-state index < -0.39 is 0 Å². The monoisotopic (exact) mass is 250 g/mol. The van der Waals surface area contributed by atoms with Gasteiger partial charge < -0.3 is 4.90 Å². The Morgan fingerprint density at radius 3 is 3.00 bits per heavy atom. The molecule has 0 aliphatic carbocycles. The number of aromatic nitrogens is 1. The van der Waals surface area contributed by atoms with Gasteiger partial charge in [0.15, 0.2) is 0 Å². The van der Waals surface area contributed by atoms with Gasteiger partial charge in [0.05, 0.1) is 5.52 Å². The van der Waals surface area contributed by atoms with Gasteiger partial charge in [-0.1, -0.05) is 18.2 Å². The first-order valence-corrected chi connectivity index (χ1v) is 6.34. The van der Waals surface area contributed by atoms with Crippen molar-refractivity contribution < 1.29 is 4.79 Å². The molecule has 0 N–H and O–H groups in total. The van der Waals surface area contributed by atoms with Gasteiger partial charge in [0.1, 0.15) is 0 Å². The molecule has 19 heavy (non-hydrogen) atoms. The molecule has 1 aromatic heterocycles. The molecule has 0 radical (unpaired) electrons. The number of benzene rings is 1. The molecule has 0 spiro atoms. The second-order valence-corrected chi connectivity index (χ2v) is 4.83. The van der Waals surface area contributed by atoms with Crippen LogP contribution in [0, 0.1) is 18.3 Å². The third-order valence-electron chi connectivity index (χ3n) is 3.55. The van der Waals surface area contributed by atoms with Crippen molar-refractivity contribution in [1.29, 1.82) is 0 Å². The molecule has 0 bridgehead atoms. The lowest BCUT2D eigenvalue weighted by molar-refractivity contribution is -0.128. The quantitative estimate of drug-likeness (QED) is 0.766. The van der Waals surface area contributed by atoms with E-state index in [1.165, 1.54) is 0 Å². The second-order valence-electron chi connectivity index (χ2n) is 4.83. The molecule has 1 aliphatic heterocycles. The van der Waals surface area contributed by atoms with Crippen LogP contribution >= 0.6 is 0 Å². The van der Waals surface area contributed by atoms with Crippen molar-refractivity contribution in [2.75, 3.05) is 6.54 Å². The normalized spacial score (nSPS) is 18.8. The van der Waals surface area contributed by atoms with Crippen molar-refractivity contribution in [3.8, 4) is 12.3 Å². The summed E-state index contributed by atoms with van der Waals surface area (Å²) in [6.45, 7) is 1.27. The van der Waals surface area contributed by atoms with Gasteiger partial charge in [-0.3, -0.25) is 9.78 Å². The SMILES string of the molecule is C#CC1CC(=O)N(Cc2ccnc3ccccc23)C1. The summed E-state index contributed by atoms with van der Waals surface area (Å²) in [5, 5.41) is 1.10. The molecular weight excluding hydrogens is 236 g/mol. The number of pyridine rings is 1. The van der Waals surface area contributed by atoms with Crippen LogP contribution in [0.4, 0.5) is 0 Å². The van der Waals surface area contributed by atoms with E-state index in [1.807, 2.05) is 35.2 Å². The van der Waals surface area contributed by atoms with Crippen LogP contribution in [-0.2, 0) is 11.3 Å². The molecule has 0 saturated carbocycles. The smallest absolute Gasteiger partial charge is 0.224 e. The Kier molecular flexibility index (Phi) is 2.92. The Labute approximate surface area is 112 Å². The highest BCUT2D eigenvalue weighted by molar-refractivity contribution is 5.83. The number of carbonyl (C=O) groups is 1. The average Bonchev–Trinajstić information content (AvgIpc) is 2.80. The van der Waals surface area contributed by atoms with Crippen LogP contribution in [0.3, 0.4) is 0 Å². The molecule has 1 aliphatic rings. The van der Waals surface area contributed by atoms with E-state index >= 15 is 0 Å². The first-order chi connectivity index (χ1) is 9.28. The van der Waals surface area contributed by atoms with E-state index in [-0.39, 0.29) is 11.8 Å². The molecule has 3 heteroatoms. The summed E-state index contributed by atoms with van der Waals surface area (Å²) in [7, 11) is 0. The van der Waals surface area contributed by atoms with Gasteiger partial charge in [0, 0.05) is 37.0 Å². The van der Waals surface area contributed by atoms with E-state index in [0.29, 0.717) is 19.5 Å². The molecule has 3 nitrogen and oxygen atoms in total. The lowest BCUT2D eigenvalue weighted by Crippen LogP contribution is -2.24. The molecule has 1 aromatic carbocycles. The molecule has 94 valence electrons. The van der Waals surface area contributed by atoms with Gasteiger partial charge in [-0.15, -0.1) is 12.3 Å². The summed E-state index contributed by atoms with van der Waals surface area (Å²) in [6.07, 6.45) is 7.66. The predicted octanol–water partition coefficient (Wildman–Crippen LogP) is 2.22. The zero-order chi connectivity index (χ0) is 13.2. The number of rotatable bonds is 2. The summed E-state index contributed by atoms with van der Waals surface area (Å²) in [6, 6.07) is 9.95. The zero-order valence-corrected chi connectivity index (χ0v) is 10.5. The van der Waals surface area contributed by atoms with Gasteiger partial charge in [0.25, 0.3) is 0 Å². The van der Waals surface area contributed by atoms with Gasteiger partial charge >= 0.3 is 0 Å². The fourth-order valence-electron chi connectivity index (χ4n) is 2.54. The maximum absolute atomic E-state index is 11.9. The van der Waals surface area contributed by atoms with Crippen LogP contribution in [-0.4, -0.2) is 22.3 Å². The number of amides is 1. The first kappa shape index (κ1) is 11.7. The van der Waals surface area contributed by atoms with Crippen molar-refractivity contribution in [2.24, 2.45) is 5.92 Å². The average molecular weight is 250 g/mol. The van der Waals surface area contributed by atoms with Crippen molar-refractivity contribution in [1.82, 2.24) is 9.88 Å². The third-order valence-corrected chi connectivity index (χ3v) is 3.55. The van der Waals surface area contributed by atoms with Crippen LogP contribution in [0.5, 0.6) is 0 Å². The number of hydrogen-bond donors (Lipinski definition) is 0. The minimum absolute atomic E-state index is 0.0561. The number of para-hydroxylation sites is 1. The summed E-state index contributed by atoms with van der Waals surface area (Å²) >= 11 is 0. The van der Waals surface area contributed by atoms with E-state index in [9.17, 15) is 4.79 Å². The molecule has 2 heterocycles. The van der Waals surface area contributed by atoms with Crippen molar-refractivity contribution in [3.05, 3.63) is 42.1 Å². The Balaban J connectivity index is 1.90. The Morgan fingerprint density at radius 1 is 1.37 bits per heavy atom. The Hall–Kier alpha value is -2.34. The number of hydrogen-bond acceptors (Lipinski definition) is 2. The highest BCUT2D eigenvalue weighted by atomic mass is 16.2. The van der Waals surface area contributed by atoms with E-state index in [4.69, 9.17) is 6.42 Å². The number of fused-ring (bicyclic) bond motifs is 1.